The minimum atomic E-state index is -4.91. The highest BCUT2D eigenvalue weighted by Gasteiger charge is 2.55. The Hall–Kier alpha value is -2.02. The lowest BCUT2D eigenvalue weighted by molar-refractivity contribution is -0.173. The van der Waals surface area contributed by atoms with Gasteiger partial charge in [0, 0.05) is 19.4 Å². The molecule has 4 N–H and O–H groups in total. The normalized spacial score (nSPS) is 13.1. The van der Waals surface area contributed by atoms with Crippen LogP contribution in [-0.4, -0.2) is 59.2 Å². The van der Waals surface area contributed by atoms with Crippen molar-refractivity contribution in [3.63, 3.8) is 0 Å². The Bertz CT molecular complexity index is 498. The van der Waals surface area contributed by atoms with Crippen molar-refractivity contribution in [3.05, 3.63) is 0 Å². The van der Waals surface area contributed by atoms with Crippen molar-refractivity contribution < 1.29 is 54.9 Å². The third kappa shape index (κ3) is 9.26. The molecular weight excluding hydrogens is 412 g/mol. The van der Waals surface area contributed by atoms with Crippen molar-refractivity contribution in [2.24, 2.45) is 0 Å². The highest BCUT2D eigenvalue weighted by atomic mass is 19.3. The highest BCUT2D eigenvalue weighted by molar-refractivity contribution is 5.65. The molecule has 0 spiro atoms. The number of unbranched alkanes of at least 4 members (excludes halogenated alkanes) is 2. The summed E-state index contributed by atoms with van der Waals surface area (Å²) >= 11 is 0. The molecule has 0 unspecified atom stereocenters. The van der Waals surface area contributed by atoms with Crippen molar-refractivity contribution in [2.45, 2.75) is 68.8 Å². The Morgan fingerprint density at radius 3 is 1.61 bits per heavy atom. The molecule has 0 aliphatic rings. The number of carboxylic acid groups (broad SMARTS) is 2. The molecule has 2 amide bonds. The molecular formula is C14H20F8N2O4. The number of rotatable bonds is 13. The van der Waals surface area contributed by atoms with Crippen LogP contribution in [0.25, 0.3) is 0 Å². The fraction of sp³-hybridized carbons (Fsp3) is 0.857. The number of nitrogens with one attached hydrogen (secondary N) is 2. The van der Waals surface area contributed by atoms with E-state index in [1.54, 1.807) is 0 Å². The molecule has 0 heterocycles. The van der Waals surface area contributed by atoms with E-state index < -0.39 is 61.7 Å². The lowest BCUT2D eigenvalue weighted by Gasteiger charge is -2.38. The molecule has 0 bridgehead atoms. The second kappa shape index (κ2) is 10.5. The van der Waals surface area contributed by atoms with E-state index in [0.29, 0.717) is 0 Å². The van der Waals surface area contributed by atoms with Crippen LogP contribution in [0, 0.1) is 0 Å². The second-order valence-electron chi connectivity index (χ2n) is 6.23. The topological polar surface area (TPSA) is 98.7 Å². The Morgan fingerprint density at radius 1 is 0.786 bits per heavy atom. The van der Waals surface area contributed by atoms with Gasteiger partial charge in [-0.3, -0.25) is 0 Å². The van der Waals surface area contributed by atoms with E-state index in [1.165, 1.54) is 5.32 Å². The molecule has 0 aromatic carbocycles. The van der Waals surface area contributed by atoms with E-state index in [0.717, 1.165) is 0 Å². The quantitative estimate of drug-likeness (QED) is 0.256. The molecule has 166 valence electrons. The standard InChI is InChI=1S/C14H20F8N2O4/c15-8(16)13(19,20)6-12(24-11(27)28,7-14(21,22)9(17)18)4-2-1-3-5-23-10(25)26/h8-9,23-24H,1-7H2,(H,25,26)(H,27,28). The highest BCUT2D eigenvalue weighted by Crippen LogP contribution is 2.42. The lowest BCUT2D eigenvalue weighted by atomic mass is 9.81. The average Bonchev–Trinajstić information content (AvgIpc) is 2.48. The molecule has 0 fully saturated rings. The first-order valence-electron chi connectivity index (χ1n) is 7.93. The Morgan fingerprint density at radius 2 is 1.25 bits per heavy atom. The fourth-order valence-corrected chi connectivity index (χ4v) is 2.63. The smallest absolute Gasteiger partial charge is 0.405 e. The molecule has 0 saturated carbocycles. The van der Waals surface area contributed by atoms with Gasteiger partial charge in [-0.25, -0.2) is 44.7 Å². The third-order valence-electron chi connectivity index (χ3n) is 3.77. The zero-order valence-corrected chi connectivity index (χ0v) is 14.3. The van der Waals surface area contributed by atoms with E-state index in [2.05, 4.69) is 0 Å². The van der Waals surface area contributed by atoms with Crippen LogP contribution in [0.1, 0.15) is 38.5 Å². The zero-order valence-electron chi connectivity index (χ0n) is 14.3. The van der Waals surface area contributed by atoms with Crippen LogP contribution in [0.4, 0.5) is 44.7 Å². The van der Waals surface area contributed by atoms with Gasteiger partial charge < -0.3 is 20.8 Å². The van der Waals surface area contributed by atoms with Crippen LogP contribution in [-0.2, 0) is 0 Å². The van der Waals surface area contributed by atoms with Crippen LogP contribution in [0.15, 0.2) is 0 Å². The molecule has 0 radical (unpaired) electrons. The third-order valence-corrected chi connectivity index (χ3v) is 3.77. The molecule has 0 rings (SSSR count). The molecule has 0 aromatic heterocycles. The fourth-order valence-electron chi connectivity index (χ4n) is 2.63. The molecule has 0 saturated heterocycles. The van der Waals surface area contributed by atoms with Gasteiger partial charge in [0.15, 0.2) is 0 Å². The maximum Gasteiger partial charge on any atom is 0.405 e. The van der Waals surface area contributed by atoms with Crippen molar-refractivity contribution in [2.75, 3.05) is 6.54 Å². The van der Waals surface area contributed by atoms with Crippen LogP contribution in [0.3, 0.4) is 0 Å². The van der Waals surface area contributed by atoms with Crippen LogP contribution >= 0.6 is 0 Å². The van der Waals surface area contributed by atoms with E-state index in [9.17, 15) is 44.7 Å². The summed E-state index contributed by atoms with van der Waals surface area (Å²) in [5.74, 6) is -9.82. The van der Waals surface area contributed by atoms with Crippen molar-refractivity contribution >= 4 is 12.2 Å². The summed E-state index contributed by atoms with van der Waals surface area (Å²) in [6, 6.07) is 0. The Balaban J connectivity index is 5.46. The minimum absolute atomic E-state index is 0.00380. The predicted octanol–water partition coefficient (Wildman–Crippen LogP) is 4.40. The van der Waals surface area contributed by atoms with Gasteiger partial charge in [0.05, 0.1) is 5.54 Å². The Labute approximate surface area is 154 Å². The van der Waals surface area contributed by atoms with Gasteiger partial charge in [0.1, 0.15) is 0 Å². The molecule has 14 heteroatoms. The van der Waals surface area contributed by atoms with E-state index in [-0.39, 0.29) is 25.8 Å². The van der Waals surface area contributed by atoms with Crippen LogP contribution in [0.2, 0.25) is 0 Å². The largest absolute Gasteiger partial charge is 0.465 e. The molecule has 6 nitrogen and oxygen atoms in total. The van der Waals surface area contributed by atoms with Gasteiger partial charge in [0.2, 0.25) is 0 Å². The van der Waals surface area contributed by atoms with Gasteiger partial charge in [-0.1, -0.05) is 12.8 Å². The summed E-state index contributed by atoms with van der Waals surface area (Å²) in [6.45, 7) is -0.102. The number of carbonyl (C=O) groups is 2. The number of amides is 2. The van der Waals surface area contributed by atoms with Gasteiger partial charge in [-0.15, -0.1) is 0 Å². The number of hydrogen-bond donors (Lipinski definition) is 4. The number of halogens is 8. The van der Waals surface area contributed by atoms with Crippen molar-refractivity contribution in [1.82, 2.24) is 10.6 Å². The molecule has 0 atom stereocenters. The maximum atomic E-state index is 13.5. The number of alkyl halides is 8. The van der Waals surface area contributed by atoms with Crippen molar-refractivity contribution in [1.29, 1.82) is 0 Å². The first kappa shape index (κ1) is 26.0. The summed E-state index contributed by atoms with van der Waals surface area (Å²) in [4.78, 5) is 21.1. The first-order valence-corrected chi connectivity index (χ1v) is 7.93. The molecule has 0 aromatic rings. The second-order valence-corrected chi connectivity index (χ2v) is 6.23. The van der Waals surface area contributed by atoms with Crippen LogP contribution < -0.4 is 10.6 Å². The maximum absolute atomic E-state index is 13.5. The molecule has 0 aliphatic carbocycles. The van der Waals surface area contributed by atoms with Gasteiger partial charge in [-0.2, -0.15) is 0 Å². The Kier molecular flexibility index (Phi) is 9.75. The summed E-state index contributed by atoms with van der Waals surface area (Å²) in [6.07, 6.45) is -17.4. The van der Waals surface area contributed by atoms with Crippen LogP contribution in [0.5, 0.6) is 0 Å². The molecule has 0 aliphatic heterocycles. The van der Waals surface area contributed by atoms with Gasteiger partial charge in [0.25, 0.3) is 0 Å². The zero-order chi connectivity index (χ0) is 22.2. The lowest BCUT2D eigenvalue weighted by Crippen LogP contribution is -2.56. The number of hydrogen-bond acceptors (Lipinski definition) is 2. The summed E-state index contributed by atoms with van der Waals surface area (Å²) in [7, 11) is 0. The van der Waals surface area contributed by atoms with E-state index in [1.807, 2.05) is 5.32 Å². The summed E-state index contributed by atoms with van der Waals surface area (Å²) < 4.78 is 104. The van der Waals surface area contributed by atoms with E-state index in [4.69, 9.17) is 10.2 Å². The SMILES string of the molecule is O=C(O)NCCCCCC(CC(F)(F)C(F)F)(CC(F)(F)C(F)F)NC(=O)O. The van der Waals surface area contributed by atoms with Crippen molar-refractivity contribution in [3.8, 4) is 0 Å². The van der Waals surface area contributed by atoms with E-state index >= 15 is 0 Å². The summed E-state index contributed by atoms with van der Waals surface area (Å²) in [5.41, 5.74) is -2.95. The predicted molar refractivity (Wildman–Crippen MR) is 79.5 cm³/mol. The molecule has 28 heavy (non-hydrogen) atoms. The van der Waals surface area contributed by atoms with Gasteiger partial charge >= 0.3 is 36.9 Å². The average molecular weight is 432 g/mol. The first-order chi connectivity index (χ1) is 12.6. The minimum Gasteiger partial charge on any atom is -0.465 e. The monoisotopic (exact) mass is 432 g/mol. The van der Waals surface area contributed by atoms with Gasteiger partial charge in [-0.05, 0) is 12.8 Å². The summed E-state index contributed by atoms with van der Waals surface area (Å²) in [5, 5.41) is 20.4.